The number of hydrogen-bond donors (Lipinski definition) is 1. The average Bonchev–Trinajstić information content (AvgIpc) is 2.61. The molecule has 25 heavy (non-hydrogen) atoms. The highest BCUT2D eigenvalue weighted by Crippen LogP contribution is 2.27. The lowest BCUT2D eigenvalue weighted by atomic mass is 10.1. The standard InChI is InChI=1S/C20H22N2O2S/c1-15-13-18(7-9-22(15)10-12-25-16(2)23)4-3-17-5-6-19-20(14-17)24-11-8-21-19/h5-7,9,13-15,21H,8,10-12H2,1-2H3. The zero-order valence-corrected chi connectivity index (χ0v) is 15.4. The Kier molecular flexibility index (Phi) is 5.72. The summed E-state index contributed by atoms with van der Waals surface area (Å²) in [4.78, 5) is 13.2. The fraction of sp³-hybridized carbons (Fsp3) is 0.350. The zero-order chi connectivity index (χ0) is 17.6. The van der Waals surface area contributed by atoms with Crippen LogP contribution in [0.25, 0.3) is 0 Å². The lowest BCUT2D eigenvalue weighted by Crippen LogP contribution is -2.30. The molecule has 5 heteroatoms. The van der Waals surface area contributed by atoms with Crippen LogP contribution in [0.5, 0.6) is 5.75 Å². The van der Waals surface area contributed by atoms with Gasteiger partial charge in [0.05, 0.1) is 5.69 Å². The lowest BCUT2D eigenvalue weighted by molar-refractivity contribution is -0.109. The summed E-state index contributed by atoms with van der Waals surface area (Å²) in [5.74, 6) is 8.12. The molecule has 0 saturated heterocycles. The second-order valence-corrected chi connectivity index (χ2v) is 7.26. The fourth-order valence-electron chi connectivity index (χ4n) is 2.74. The maximum atomic E-state index is 11.0. The Labute approximate surface area is 153 Å². The molecular weight excluding hydrogens is 332 g/mol. The normalized spacial score (nSPS) is 18.2. The van der Waals surface area contributed by atoms with Gasteiger partial charge in [-0.2, -0.15) is 0 Å². The van der Waals surface area contributed by atoms with E-state index in [4.69, 9.17) is 4.74 Å². The molecule has 0 saturated carbocycles. The number of nitrogens with zero attached hydrogens (tertiary/aromatic N) is 1. The third-order valence-electron chi connectivity index (χ3n) is 4.05. The Hall–Kier alpha value is -2.32. The van der Waals surface area contributed by atoms with Crippen molar-refractivity contribution in [1.82, 2.24) is 4.90 Å². The molecule has 1 unspecified atom stereocenters. The highest BCUT2D eigenvalue weighted by Gasteiger charge is 2.12. The summed E-state index contributed by atoms with van der Waals surface area (Å²) < 4.78 is 5.65. The summed E-state index contributed by atoms with van der Waals surface area (Å²) in [6.45, 7) is 6.13. The maximum absolute atomic E-state index is 11.0. The van der Waals surface area contributed by atoms with Crippen LogP contribution in [0.4, 0.5) is 5.69 Å². The van der Waals surface area contributed by atoms with E-state index < -0.39 is 0 Å². The molecule has 0 bridgehead atoms. The topological polar surface area (TPSA) is 41.6 Å². The number of ether oxygens (including phenoxy) is 1. The number of carbonyl (C=O) groups excluding carboxylic acids is 1. The van der Waals surface area contributed by atoms with Crippen LogP contribution >= 0.6 is 11.8 Å². The van der Waals surface area contributed by atoms with Gasteiger partial charge in [0.1, 0.15) is 12.4 Å². The van der Waals surface area contributed by atoms with E-state index in [0.717, 1.165) is 41.4 Å². The molecule has 1 aromatic carbocycles. The molecule has 0 amide bonds. The maximum Gasteiger partial charge on any atom is 0.185 e. The van der Waals surface area contributed by atoms with Gasteiger partial charge in [-0.05, 0) is 37.3 Å². The van der Waals surface area contributed by atoms with Gasteiger partial charge in [-0.25, -0.2) is 0 Å². The number of thioether (sulfide) groups is 1. The lowest BCUT2D eigenvalue weighted by Gasteiger charge is -2.28. The highest BCUT2D eigenvalue weighted by molar-refractivity contribution is 8.13. The van der Waals surface area contributed by atoms with E-state index in [2.05, 4.69) is 41.3 Å². The van der Waals surface area contributed by atoms with Crippen molar-refractivity contribution in [1.29, 1.82) is 0 Å². The van der Waals surface area contributed by atoms with E-state index in [0.29, 0.717) is 6.61 Å². The van der Waals surface area contributed by atoms with Crippen molar-refractivity contribution in [3.05, 3.63) is 47.7 Å². The van der Waals surface area contributed by atoms with Gasteiger partial charge in [-0.1, -0.05) is 23.6 Å². The first-order valence-corrected chi connectivity index (χ1v) is 9.42. The predicted octanol–water partition coefficient (Wildman–Crippen LogP) is 3.27. The molecule has 1 N–H and O–H groups in total. The van der Waals surface area contributed by atoms with Gasteiger partial charge in [0.15, 0.2) is 5.12 Å². The summed E-state index contributed by atoms with van der Waals surface area (Å²) in [5, 5.41) is 3.47. The number of allylic oxidation sites excluding steroid dienone is 2. The number of nitrogens with one attached hydrogen (secondary N) is 1. The molecular formula is C20H22N2O2S. The van der Waals surface area contributed by atoms with Gasteiger partial charge in [-0.3, -0.25) is 4.79 Å². The first-order valence-electron chi connectivity index (χ1n) is 8.44. The van der Waals surface area contributed by atoms with E-state index in [1.54, 1.807) is 6.92 Å². The minimum atomic E-state index is 0.167. The van der Waals surface area contributed by atoms with Crippen LogP contribution in [0.3, 0.4) is 0 Å². The molecule has 0 radical (unpaired) electrons. The van der Waals surface area contributed by atoms with Gasteiger partial charge in [0, 0.05) is 49.1 Å². The second-order valence-electron chi connectivity index (χ2n) is 5.99. The van der Waals surface area contributed by atoms with E-state index in [1.807, 2.05) is 24.3 Å². The van der Waals surface area contributed by atoms with Crippen LogP contribution in [0.1, 0.15) is 19.4 Å². The second kappa shape index (κ2) is 8.17. The predicted molar refractivity (Wildman–Crippen MR) is 104 cm³/mol. The van der Waals surface area contributed by atoms with Crippen LogP contribution in [0.15, 0.2) is 42.1 Å². The van der Waals surface area contributed by atoms with E-state index in [-0.39, 0.29) is 11.2 Å². The van der Waals surface area contributed by atoms with Gasteiger partial charge < -0.3 is 15.0 Å². The first kappa shape index (κ1) is 17.5. The molecule has 1 aromatic rings. The summed E-state index contributed by atoms with van der Waals surface area (Å²) in [6.07, 6.45) is 6.25. The molecule has 4 nitrogen and oxygen atoms in total. The average molecular weight is 354 g/mol. The van der Waals surface area contributed by atoms with Crippen molar-refractivity contribution in [3.8, 4) is 17.6 Å². The number of rotatable bonds is 3. The number of carbonyl (C=O) groups is 1. The zero-order valence-electron chi connectivity index (χ0n) is 14.5. The number of hydrogen-bond acceptors (Lipinski definition) is 5. The summed E-state index contributed by atoms with van der Waals surface area (Å²) in [7, 11) is 0. The highest BCUT2D eigenvalue weighted by atomic mass is 32.2. The molecule has 2 aliphatic rings. The Morgan fingerprint density at radius 1 is 1.44 bits per heavy atom. The molecule has 2 aliphatic heterocycles. The monoisotopic (exact) mass is 354 g/mol. The van der Waals surface area contributed by atoms with Gasteiger partial charge in [0.25, 0.3) is 0 Å². The van der Waals surface area contributed by atoms with E-state index in [1.165, 1.54) is 11.8 Å². The third-order valence-corrected chi connectivity index (χ3v) is 4.85. The van der Waals surface area contributed by atoms with Crippen molar-refractivity contribution in [3.63, 3.8) is 0 Å². The molecule has 1 atom stereocenters. The van der Waals surface area contributed by atoms with Crippen LogP contribution in [0, 0.1) is 11.8 Å². The van der Waals surface area contributed by atoms with Crippen molar-refractivity contribution in [2.24, 2.45) is 0 Å². The van der Waals surface area contributed by atoms with Crippen molar-refractivity contribution in [2.45, 2.75) is 19.9 Å². The van der Waals surface area contributed by atoms with Gasteiger partial charge >= 0.3 is 0 Å². The van der Waals surface area contributed by atoms with E-state index >= 15 is 0 Å². The summed E-state index contributed by atoms with van der Waals surface area (Å²) in [6, 6.07) is 6.28. The molecule has 2 heterocycles. The summed E-state index contributed by atoms with van der Waals surface area (Å²) in [5.41, 5.74) is 2.99. The molecule has 130 valence electrons. The fourth-order valence-corrected chi connectivity index (χ4v) is 3.33. The molecule has 3 rings (SSSR count). The third kappa shape index (κ3) is 4.83. The molecule has 0 fully saturated rings. The van der Waals surface area contributed by atoms with Crippen LogP contribution in [-0.4, -0.2) is 41.5 Å². The smallest absolute Gasteiger partial charge is 0.185 e. The Bertz CT molecular complexity index is 774. The number of fused-ring (bicyclic) bond motifs is 1. The number of benzene rings is 1. The van der Waals surface area contributed by atoms with Crippen LogP contribution in [0.2, 0.25) is 0 Å². The van der Waals surface area contributed by atoms with Gasteiger partial charge in [-0.15, -0.1) is 0 Å². The molecule has 0 aliphatic carbocycles. The SMILES string of the molecule is CC(=O)SCCN1C=CC(C#Cc2ccc3c(c2)OCCN3)=CC1C. The Morgan fingerprint density at radius 2 is 2.32 bits per heavy atom. The van der Waals surface area contributed by atoms with Crippen molar-refractivity contribution >= 4 is 22.6 Å². The first-order chi connectivity index (χ1) is 12.1. The minimum Gasteiger partial charge on any atom is -0.490 e. The summed E-state index contributed by atoms with van der Waals surface area (Å²) >= 11 is 1.37. The van der Waals surface area contributed by atoms with Crippen LogP contribution in [-0.2, 0) is 4.79 Å². The molecule has 0 spiro atoms. The van der Waals surface area contributed by atoms with Gasteiger partial charge in [0.2, 0.25) is 0 Å². The van der Waals surface area contributed by atoms with Crippen molar-refractivity contribution in [2.75, 3.05) is 30.8 Å². The minimum absolute atomic E-state index is 0.167. The van der Waals surface area contributed by atoms with Crippen LogP contribution < -0.4 is 10.1 Å². The van der Waals surface area contributed by atoms with Crippen molar-refractivity contribution < 1.29 is 9.53 Å². The largest absolute Gasteiger partial charge is 0.490 e. The Balaban J connectivity index is 1.62. The molecule has 0 aromatic heterocycles. The quantitative estimate of drug-likeness (QED) is 0.844. The van der Waals surface area contributed by atoms with E-state index in [9.17, 15) is 4.79 Å². The Morgan fingerprint density at radius 3 is 3.12 bits per heavy atom. The number of anilines is 1.